The number of carboxylic acids is 1. The second kappa shape index (κ2) is 4.13. The Kier molecular flexibility index (Phi) is 2.80. The molecule has 1 aromatic carbocycles. The van der Waals surface area contributed by atoms with Gasteiger partial charge in [-0.1, -0.05) is 12.6 Å². The lowest BCUT2D eigenvalue weighted by Crippen LogP contribution is -2.02. The minimum absolute atomic E-state index is 0.110. The summed E-state index contributed by atoms with van der Waals surface area (Å²) in [7, 11) is 0. The van der Waals surface area contributed by atoms with E-state index >= 15 is 0 Å². The van der Waals surface area contributed by atoms with Gasteiger partial charge >= 0.3 is 5.97 Å². The van der Waals surface area contributed by atoms with Crippen molar-refractivity contribution in [3.63, 3.8) is 0 Å². The smallest absolute Gasteiger partial charge is 0.336 e. The first-order valence-corrected chi connectivity index (χ1v) is 4.69. The van der Waals surface area contributed by atoms with Crippen molar-refractivity contribution >= 4 is 18.6 Å². The quantitative estimate of drug-likeness (QED) is 0.806. The van der Waals surface area contributed by atoms with Crippen LogP contribution in [0.3, 0.4) is 0 Å². The van der Waals surface area contributed by atoms with Gasteiger partial charge in [-0.3, -0.25) is 0 Å². The highest BCUT2D eigenvalue weighted by molar-refractivity contribution is 7.80. The van der Waals surface area contributed by atoms with Crippen molar-refractivity contribution in [1.82, 2.24) is 10.2 Å². The van der Waals surface area contributed by atoms with E-state index in [0.717, 1.165) is 0 Å². The molecule has 0 saturated heterocycles. The topological polar surface area (TPSA) is 76.2 Å². The number of nitrogens with zero attached hydrogens (tertiary/aromatic N) is 2. The van der Waals surface area contributed by atoms with E-state index in [1.165, 1.54) is 0 Å². The molecule has 8 heteroatoms. The molecule has 0 aliphatic rings. The standard InChI is InChI=1S/C9H4F2N2O3S/c10-5-1-3(7-12-13-9(17)16-7)4(8(14)15)2-6(5)11/h1-2H,(H,13,17)(H,14,15). The summed E-state index contributed by atoms with van der Waals surface area (Å²) >= 11 is 3.73. The minimum Gasteiger partial charge on any atom is -0.478 e. The van der Waals surface area contributed by atoms with Crippen molar-refractivity contribution in [2.45, 2.75) is 5.22 Å². The first kappa shape index (κ1) is 11.5. The number of hydrogen-bond donors (Lipinski definition) is 2. The van der Waals surface area contributed by atoms with Crippen molar-refractivity contribution in [2.24, 2.45) is 0 Å². The van der Waals surface area contributed by atoms with Crippen molar-refractivity contribution in [3.8, 4) is 11.5 Å². The van der Waals surface area contributed by atoms with Crippen molar-refractivity contribution < 1.29 is 23.1 Å². The predicted octanol–water partition coefficient (Wildman–Crippen LogP) is 2.00. The SMILES string of the molecule is O=C(O)c1cc(F)c(F)cc1-c1nnc(S)o1. The average molecular weight is 258 g/mol. The number of aromatic nitrogens is 2. The number of benzene rings is 1. The number of hydrogen-bond acceptors (Lipinski definition) is 5. The number of aromatic carboxylic acids is 1. The number of thiol groups is 1. The van der Waals surface area contributed by atoms with Crippen LogP contribution in [0.5, 0.6) is 0 Å². The molecule has 5 nitrogen and oxygen atoms in total. The van der Waals surface area contributed by atoms with Crippen LogP contribution in [0.25, 0.3) is 11.5 Å². The van der Waals surface area contributed by atoms with Crippen LogP contribution in [-0.4, -0.2) is 21.3 Å². The fourth-order valence-electron chi connectivity index (χ4n) is 1.23. The third-order valence-electron chi connectivity index (χ3n) is 1.94. The average Bonchev–Trinajstić information content (AvgIpc) is 2.68. The van der Waals surface area contributed by atoms with Gasteiger partial charge in [-0.2, -0.15) is 0 Å². The van der Waals surface area contributed by atoms with Crippen LogP contribution < -0.4 is 0 Å². The Morgan fingerprint density at radius 3 is 2.47 bits per heavy atom. The van der Waals surface area contributed by atoms with Crippen molar-refractivity contribution in [1.29, 1.82) is 0 Å². The van der Waals surface area contributed by atoms with Crippen molar-refractivity contribution in [3.05, 3.63) is 29.3 Å². The monoisotopic (exact) mass is 258 g/mol. The summed E-state index contributed by atoms with van der Waals surface area (Å²) in [5.41, 5.74) is -0.676. The van der Waals surface area contributed by atoms with Crippen LogP contribution in [0, 0.1) is 11.6 Å². The third kappa shape index (κ3) is 2.11. The molecule has 0 atom stereocenters. The van der Waals surface area contributed by atoms with Gasteiger partial charge < -0.3 is 9.52 Å². The molecule has 1 aromatic heterocycles. The summed E-state index contributed by atoms with van der Waals surface area (Å²) in [6.07, 6.45) is 0. The molecule has 0 amide bonds. The molecule has 0 radical (unpaired) electrons. The Morgan fingerprint density at radius 2 is 1.94 bits per heavy atom. The van der Waals surface area contributed by atoms with Gasteiger partial charge in [0.15, 0.2) is 11.6 Å². The van der Waals surface area contributed by atoms with E-state index in [0.29, 0.717) is 12.1 Å². The van der Waals surface area contributed by atoms with E-state index in [4.69, 9.17) is 9.52 Å². The maximum absolute atomic E-state index is 13.0. The first-order valence-electron chi connectivity index (χ1n) is 4.24. The molecular formula is C9H4F2N2O3S. The molecule has 0 fully saturated rings. The molecule has 0 aliphatic heterocycles. The third-order valence-corrected chi connectivity index (χ3v) is 2.12. The highest BCUT2D eigenvalue weighted by Gasteiger charge is 2.20. The second-order valence-electron chi connectivity index (χ2n) is 3.01. The largest absolute Gasteiger partial charge is 0.478 e. The molecule has 2 aromatic rings. The van der Waals surface area contributed by atoms with Gasteiger partial charge in [0, 0.05) is 0 Å². The molecule has 0 spiro atoms. The number of carboxylic acid groups (broad SMARTS) is 1. The lowest BCUT2D eigenvalue weighted by molar-refractivity contribution is 0.0696. The van der Waals surface area contributed by atoms with Gasteiger partial charge in [-0.15, -0.1) is 10.2 Å². The Hall–Kier alpha value is -1.96. The number of rotatable bonds is 2. The van der Waals surface area contributed by atoms with E-state index < -0.39 is 23.2 Å². The Morgan fingerprint density at radius 1 is 1.29 bits per heavy atom. The van der Waals surface area contributed by atoms with E-state index in [-0.39, 0.29) is 16.7 Å². The summed E-state index contributed by atoms with van der Waals surface area (Å²) in [5.74, 6) is -4.15. The Balaban J connectivity index is 2.67. The van der Waals surface area contributed by atoms with Gasteiger partial charge in [-0.05, 0) is 12.1 Å². The maximum Gasteiger partial charge on any atom is 0.336 e. The fourth-order valence-corrected chi connectivity index (χ4v) is 1.36. The highest BCUT2D eigenvalue weighted by atomic mass is 32.1. The van der Waals surface area contributed by atoms with Gasteiger partial charge in [0.05, 0.1) is 11.1 Å². The Bertz CT molecular complexity index is 600. The van der Waals surface area contributed by atoms with Crippen LogP contribution in [-0.2, 0) is 0 Å². The Labute approximate surface area is 98.5 Å². The lowest BCUT2D eigenvalue weighted by atomic mass is 10.1. The van der Waals surface area contributed by atoms with Crippen LogP contribution in [0.15, 0.2) is 21.8 Å². The van der Waals surface area contributed by atoms with Gasteiger partial charge in [-0.25, -0.2) is 13.6 Å². The zero-order valence-electron chi connectivity index (χ0n) is 8.02. The molecule has 88 valence electrons. The fraction of sp³-hybridized carbons (Fsp3) is 0. The molecule has 0 unspecified atom stereocenters. The highest BCUT2D eigenvalue weighted by Crippen LogP contribution is 2.26. The molecule has 0 saturated carbocycles. The van der Waals surface area contributed by atoms with E-state index in [9.17, 15) is 13.6 Å². The van der Waals surface area contributed by atoms with E-state index in [2.05, 4.69) is 22.8 Å². The van der Waals surface area contributed by atoms with E-state index in [1.54, 1.807) is 0 Å². The predicted molar refractivity (Wildman–Crippen MR) is 53.9 cm³/mol. The van der Waals surface area contributed by atoms with Crippen molar-refractivity contribution in [2.75, 3.05) is 0 Å². The summed E-state index contributed by atoms with van der Waals surface area (Å²) < 4.78 is 30.8. The van der Waals surface area contributed by atoms with Gasteiger partial charge in [0.25, 0.3) is 5.22 Å². The molecule has 0 bridgehead atoms. The zero-order valence-corrected chi connectivity index (χ0v) is 8.91. The maximum atomic E-state index is 13.0. The zero-order chi connectivity index (χ0) is 12.6. The number of carbonyl (C=O) groups is 1. The summed E-state index contributed by atoms with van der Waals surface area (Å²) in [5, 5.41) is 15.6. The summed E-state index contributed by atoms with van der Waals surface area (Å²) in [4.78, 5) is 10.9. The van der Waals surface area contributed by atoms with Gasteiger partial charge in [0.1, 0.15) is 0 Å². The molecular weight excluding hydrogens is 254 g/mol. The van der Waals surface area contributed by atoms with Crippen LogP contribution in [0.4, 0.5) is 8.78 Å². The molecule has 1 heterocycles. The summed E-state index contributed by atoms with van der Waals surface area (Å²) in [6, 6.07) is 1.23. The molecule has 17 heavy (non-hydrogen) atoms. The van der Waals surface area contributed by atoms with E-state index in [1.807, 2.05) is 0 Å². The van der Waals surface area contributed by atoms with Crippen LogP contribution >= 0.6 is 12.6 Å². The normalized spacial score (nSPS) is 10.5. The molecule has 0 aliphatic carbocycles. The van der Waals surface area contributed by atoms with Crippen LogP contribution in [0.2, 0.25) is 0 Å². The van der Waals surface area contributed by atoms with Crippen LogP contribution in [0.1, 0.15) is 10.4 Å². The van der Waals surface area contributed by atoms with Gasteiger partial charge in [0.2, 0.25) is 5.89 Å². The minimum atomic E-state index is -1.43. The summed E-state index contributed by atoms with van der Waals surface area (Å²) in [6.45, 7) is 0. The lowest BCUT2D eigenvalue weighted by Gasteiger charge is -2.02. The second-order valence-corrected chi connectivity index (χ2v) is 3.39. The number of halogens is 2. The first-order chi connectivity index (χ1) is 7.99. The molecule has 1 N–H and O–H groups in total. The molecule has 2 rings (SSSR count).